The molecule has 1 saturated carbocycles. The van der Waals surface area contributed by atoms with Gasteiger partial charge in [-0.3, -0.25) is 9.69 Å². The van der Waals surface area contributed by atoms with E-state index in [0.717, 1.165) is 30.6 Å². The normalized spacial score (nSPS) is 21.0. The highest BCUT2D eigenvalue weighted by Crippen LogP contribution is 2.33. The van der Waals surface area contributed by atoms with Crippen molar-refractivity contribution in [2.45, 2.75) is 63.2 Å². The van der Waals surface area contributed by atoms with Crippen LogP contribution in [0, 0.1) is 5.82 Å². The monoisotopic (exact) mass is 545 g/mol. The highest BCUT2D eigenvalue weighted by atomic mass is 19.3. The number of alkyl halides is 2. The number of hydrogen-bond acceptors (Lipinski definition) is 8. The maximum absolute atomic E-state index is 15.2. The van der Waals surface area contributed by atoms with Gasteiger partial charge in [-0.1, -0.05) is 0 Å². The number of anilines is 2. The molecule has 1 unspecified atom stereocenters. The number of rotatable bonds is 7. The van der Waals surface area contributed by atoms with Gasteiger partial charge in [0.2, 0.25) is 6.41 Å². The Hall–Kier alpha value is -3.45. The summed E-state index contributed by atoms with van der Waals surface area (Å²) in [4.78, 5) is 26.2. The summed E-state index contributed by atoms with van der Waals surface area (Å²) in [5.41, 5.74) is 15.3. The summed E-state index contributed by atoms with van der Waals surface area (Å²) >= 11 is 0. The van der Waals surface area contributed by atoms with Crippen LogP contribution in [0.25, 0.3) is 11.2 Å². The zero-order valence-electron chi connectivity index (χ0n) is 21.7. The van der Waals surface area contributed by atoms with E-state index in [1.165, 1.54) is 25.2 Å². The van der Waals surface area contributed by atoms with Crippen molar-refractivity contribution in [1.82, 2.24) is 29.7 Å². The third-order valence-electron chi connectivity index (χ3n) is 7.52. The van der Waals surface area contributed by atoms with E-state index in [0.29, 0.717) is 35.9 Å². The number of amides is 1. The molecule has 1 amide bonds. The van der Waals surface area contributed by atoms with Gasteiger partial charge in [-0.2, -0.15) is 0 Å². The molecule has 0 bridgehead atoms. The molecule has 210 valence electrons. The maximum atomic E-state index is 15.2. The van der Waals surface area contributed by atoms with Crippen molar-refractivity contribution in [2.24, 2.45) is 5.73 Å². The van der Waals surface area contributed by atoms with E-state index >= 15 is 4.39 Å². The molecule has 1 aromatic carbocycles. The molecule has 2 aromatic heterocycles. The number of hydrogen-bond donors (Lipinski definition) is 3. The lowest BCUT2D eigenvalue weighted by molar-refractivity contribution is -0.109. The van der Waals surface area contributed by atoms with Crippen LogP contribution in [0.15, 0.2) is 24.8 Å². The molecule has 2 aliphatic heterocycles. The van der Waals surface area contributed by atoms with Gasteiger partial charge in [0.25, 0.3) is 5.92 Å². The maximum Gasteiger partial charge on any atom is 0.250 e. The van der Waals surface area contributed by atoms with Crippen molar-refractivity contribution in [3.8, 4) is 0 Å². The number of carbonyl (C=O) groups is 1. The van der Waals surface area contributed by atoms with E-state index in [1.54, 1.807) is 12.4 Å². The molecule has 2 saturated heterocycles. The van der Waals surface area contributed by atoms with Gasteiger partial charge < -0.3 is 26.3 Å². The minimum atomic E-state index is -2.65. The van der Waals surface area contributed by atoms with E-state index in [9.17, 15) is 13.6 Å². The number of piperidine rings is 1. The first-order chi connectivity index (χ1) is 18.7. The van der Waals surface area contributed by atoms with Crippen LogP contribution in [0.1, 0.15) is 43.2 Å². The van der Waals surface area contributed by atoms with E-state index in [2.05, 4.69) is 25.2 Å². The van der Waals surface area contributed by atoms with Gasteiger partial charge in [-0.15, -0.1) is 0 Å². The predicted molar refractivity (Wildman–Crippen MR) is 142 cm³/mol. The summed E-state index contributed by atoms with van der Waals surface area (Å²) in [6.07, 6.45) is 6.53. The summed E-state index contributed by atoms with van der Waals surface area (Å²) in [7, 11) is 0. The number of halogens is 3. The molecule has 13 heteroatoms. The predicted octanol–water partition coefficient (Wildman–Crippen LogP) is 2.26. The second kappa shape index (κ2) is 11.3. The third kappa shape index (κ3) is 6.41. The molecule has 5 N–H and O–H groups in total. The van der Waals surface area contributed by atoms with Crippen LogP contribution in [-0.4, -0.2) is 75.0 Å². The lowest BCUT2D eigenvalue weighted by Crippen LogP contribution is -2.39. The Morgan fingerprint density at radius 3 is 2.46 bits per heavy atom. The first-order valence-corrected chi connectivity index (χ1v) is 13.3. The number of imidazole rings is 1. The summed E-state index contributed by atoms with van der Waals surface area (Å²) in [5.74, 6) is -2.73. The number of likely N-dealkylation sites (tertiary alicyclic amines) is 1. The van der Waals surface area contributed by atoms with E-state index < -0.39 is 5.92 Å². The van der Waals surface area contributed by atoms with Crippen LogP contribution in [0.3, 0.4) is 0 Å². The molecule has 10 nitrogen and oxygen atoms in total. The van der Waals surface area contributed by atoms with Gasteiger partial charge >= 0.3 is 0 Å². The van der Waals surface area contributed by atoms with Gasteiger partial charge in [0.05, 0.1) is 12.9 Å². The van der Waals surface area contributed by atoms with Crippen LogP contribution >= 0.6 is 0 Å². The lowest BCUT2D eigenvalue weighted by Gasteiger charge is -2.33. The number of fused-ring (bicyclic) bond motifs is 1. The van der Waals surface area contributed by atoms with Gasteiger partial charge in [0.1, 0.15) is 17.7 Å². The molecule has 4 heterocycles. The second-order valence-electron chi connectivity index (χ2n) is 10.5. The van der Waals surface area contributed by atoms with Crippen molar-refractivity contribution < 1.29 is 18.0 Å². The van der Waals surface area contributed by atoms with Crippen molar-refractivity contribution in [2.75, 3.05) is 36.8 Å². The number of benzene rings is 1. The standard InChI is InChI=1S/C22H27F3N8.C4H7NO/c23-17-1-2-18(32-6-3-14(26)9-32)16(15(17)10-31-7-4-22(24,25)5-8-31)11-33-13-30-19-20(27)28-12-29-21(19)33;6-3-5-4-1-2-4/h1-2,12-14H,3-11,26H2,(H2,27,28,29);3-4H,1-2H2,(H,5,6). The Bertz CT molecular complexity index is 1300. The molecule has 3 fully saturated rings. The molecule has 6 rings (SSSR count). The van der Waals surface area contributed by atoms with Crippen molar-refractivity contribution >= 4 is 29.1 Å². The van der Waals surface area contributed by atoms with Crippen LogP contribution in [0.2, 0.25) is 0 Å². The van der Waals surface area contributed by atoms with Crippen molar-refractivity contribution in [1.29, 1.82) is 0 Å². The number of nitrogens with zero attached hydrogens (tertiary/aromatic N) is 6. The Kier molecular flexibility index (Phi) is 7.89. The molecule has 39 heavy (non-hydrogen) atoms. The highest BCUT2D eigenvalue weighted by molar-refractivity contribution is 5.81. The summed E-state index contributed by atoms with van der Waals surface area (Å²) < 4.78 is 44.4. The number of carbonyl (C=O) groups excluding carboxylic acids is 1. The van der Waals surface area contributed by atoms with Crippen molar-refractivity contribution in [3.63, 3.8) is 0 Å². The number of aromatic nitrogens is 4. The first kappa shape index (κ1) is 27.1. The fourth-order valence-corrected chi connectivity index (χ4v) is 5.09. The fraction of sp³-hybridized carbons (Fsp3) is 0.538. The topological polar surface area (TPSA) is 131 Å². The van der Waals surface area contributed by atoms with Crippen LogP contribution in [-0.2, 0) is 17.9 Å². The SMILES string of the molecule is Nc1ncnc2c1ncn2Cc1c(N2CCC(N)C2)ccc(F)c1CN1CCC(F)(F)CC1.O=CNC1CC1. The Morgan fingerprint density at radius 2 is 1.82 bits per heavy atom. The molecular formula is C26H34F3N9O. The second-order valence-corrected chi connectivity index (χ2v) is 10.5. The number of nitrogens with two attached hydrogens (primary N) is 2. The molecule has 3 aromatic rings. The summed E-state index contributed by atoms with van der Waals surface area (Å²) in [6, 6.07) is 3.82. The number of nitrogen functional groups attached to an aromatic ring is 1. The lowest BCUT2D eigenvalue weighted by atomic mass is 10.0. The average molecular weight is 546 g/mol. The largest absolute Gasteiger partial charge is 0.382 e. The van der Waals surface area contributed by atoms with E-state index in [4.69, 9.17) is 11.5 Å². The molecular weight excluding hydrogens is 511 g/mol. The quantitative estimate of drug-likeness (QED) is 0.386. The van der Waals surface area contributed by atoms with Gasteiger partial charge in [0.15, 0.2) is 11.5 Å². The Balaban J connectivity index is 0.000000455. The minimum absolute atomic E-state index is 0.0530. The third-order valence-corrected chi connectivity index (χ3v) is 7.52. The first-order valence-electron chi connectivity index (χ1n) is 13.3. The fourth-order valence-electron chi connectivity index (χ4n) is 5.09. The average Bonchev–Trinajstić information content (AvgIpc) is 3.47. The van der Waals surface area contributed by atoms with Crippen molar-refractivity contribution in [3.05, 3.63) is 41.7 Å². The van der Waals surface area contributed by atoms with Gasteiger partial charge in [-0.25, -0.2) is 28.1 Å². The molecule has 1 aliphatic carbocycles. The van der Waals surface area contributed by atoms with Crippen LogP contribution < -0.4 is 21.7 Å². The number of nitrogens with one attached hydrogen (secondary N) is 1. The van der Waals surface area contributed by atoms with Gasteiger partial charge in [0, 0.05) is 74.5 Å². The van der Waals surface area contributed by atoms with Crippen LogP contribution in [0.4, 0.5) is 24.7 Å². The summed E-state index contributed by atoms with van der Waals surface area (Å²) in [5, 5.41) is 2.64. The Labute approximate surface area is 224 Å². The van der Waals surface area contributed by atoms with E-state index in [1.807, 2.05) is 9.47 Å². The summed E-state index contributed by atoms with van der Waals surface area (Å²) in [6.45, 7) is 2.47. The Morgan fingerprint density at radius 1 is 1.05 bits per heavy atom. The molecule has 0 radical (unpaired) electrons. The zero-order valence-corrected chi connectivity index (χ0v) is 21.7. The molecule has 3 aliphatic rings. The minimum Gasteiger partial charge on any atom is -0.382 e. The zero-order chi connectivity index (χ0) is 27.6. The molecule has 1 atom stereocenters. The van der Waals surface area contributed by atoms with E-state index in [-0.39, 0.29) is 50.2 Å². The van der Waals surface area contributed by atoms with Crippen LogP contribution in [0.5, 0.6) is 0 Å². The highest BCUT2D eigenvalue weighted by Gasteiger charge is 2.34. The van der Waals surface area contributed by atoms with Gasteiger partial charge in [-0.05, 0) is 31.4 Å². The smallest absolute Gasteiger partial charge is 0.250 e. The molecule has 0 spiro atoms.